The number of halogens is 1. The Morgan fingerprint density at radius 3 is 2.68 bits per heavy atom. The number of carbonyl (C=O) groups excluding carboxylic acids is 2. The Morgan fingerprint density at radius 2 is 1.82 bits per heavy atom. The molecule has 22 heavy (non-hydrogen) atoms. The number of benzene rings is 2. The third-order valence-electron chi connectivity index (χ3n) is 4.18. The zero-order valence-electron chi connectivity index (χ0n) is 11.6. The molecule has 0 spiro atoms. The number of rotatable bonds is 0. The molecular formula is C17H12BrNO2S. The van der Waals surface area contributed by atoms with E-state index in [0.717, 1.165) is 26.1 Å². The zero-order chi connectivity index (χ0) is 15.3. The highest BCUT2D eigenvalue weighted by molar-refractivity contribution is 9.10. The molecule has 2 aliphatic heterocycles. The van der Waals surface area contributed by atoms with Crippen LogP contribution in [0.25, 0.3) is 0 Å². The van der Waals surface area contributed by atoms with Gasteiger partial charge in [-0.15, -0.1) is 11.8 Å². The highest BCUT2D eigenvalue weighted by atomic mass is 79.9. The number of ketones is 1. The molecule has 1 atom stereocenters. The number of amides is 1. The minimum Gasteiger partial charge on any atom is -0.322 e. The topological polar surface area (TPSA) is 37.4 Å². The van der Waals surface area contributed by atoms with Crippen LogP contribution in [0.4, 0.5) is 0 Å². The summed E-state index contributed by atoms with van der Waals surface area (Å²) in [6, 6.07) is 13.1. The van der Waals surface area contributed by atoms with E-state index in [1.807, 2.05) is 47.4 Å². The first kappa shape index (κ1) is 14.0. The molecule has 0 radical (unpaired) electrons. The molecule has 110 valence electrons. The lowest BCUT2D eigenvalue weighted by atomic mass is 9.97. The second-order valence-electron chi connectivity index (χ2n) is 5.40. The first-order chi connectivity index (χ1) is 10.7. The van der Waals surface area contributed by atoms with Crippen molar-refractivity contribution in [1.29, 1.82) is 0 Å². The average molecular weight is 374 g/mol. The molecule has 2 heterocycles. The summed E-state index contributed by atoms with van der Waals surface area (Å²) in [6.45, 7) is 0. The Morgan fingerprint density at radius 1 is 1.05 bits per heavy atom. The van der Waals surface area contributed by atoms with Gasteiger partial charge in [0.2, 0.25) is 0 Å². The number of carbonyl (C=O) groups is 2. The highest BCUT2D eigenvalue weighted by Crippen LogP contribution is 2.42. The summed E-state index contributed by atoms with van der Waals surface area (Å²) >= 11 is 5.05. The third kappa shape index (κ3) is 2.03. The summed E-state index contributed by atoms with van der Waals surface area (Å²) in [6.07, 6.45) is 0.340. The van der Waals surface area contributed by atoms with Crippen molar-refractivity contribution in [2.45, 2.75) is 17.4 Å². The molecule has 3 nitrogen and oxygen atoms in total. The molecule has 1 amide bonds. The molecule has 4 rings (SSSR count). The molecular weight excluding hydrogens is 362 g/mol. The first-order valence-electron chi connectivity index (χ1n) is 7.01. The number of hydrogen-bond acceptors (Lipinski definition) is 3. The van der Waals surface area contributed by atoms with Crippen LogP contribution in [0.15, 0.2) is 51.8 Å². The Balaban J connectivity index is 1.81. The van der Waals surface area contributed by atoms with E-state index >= 15 is 0 Å². The molecule has 0 aliphatic carbocycles. The maximum atomic E-state index is 12.7. The molecule has 5 heteroatoms. The van der Waals surface area contributed by atoms with Gasteiger partial charge in [-0.05, 0) is 33.6 Å². The van der Waals surface area contributed by atoms with Crippen LogP contribution in [-0.2, 0) is 0 Å². The van der Waals surface area contributed by atoms with Gasteiger partial charge in [0.1, 0.15) is 0 Å². The minimum atomic E-state index is -0.143. The molecule has 0 aromatic heterocycles. The monoisotopic (exact) mass is 373 g/mol. The number of fused-ring (bicyclic) bond motifs is 4. The van der Waals surface area contributed by atoms with E-state index in [1.165, 1.54) is 0 Å². The summed E-state index contributed by atoms with van der Waals surface area (Å²) in [5, 5.41) is 0. The van der Waals surface area contributed by atoms with Crippen LogP contribution in [-0.4, -0.2) is 22.5 Å². The van der Waals surface area contributed by atoms with Gasteiger partial charge in [-0.25, -0.2) is 0 Å². The molecule has 0 saturated heterocycles. The van der Waals surface area contributed by atoms with E-state index in [4.69, 9.17) is 0 Å². The van der Waals surface area contributed by atoms with E-state index < -0.39 is 0 Å². The smallest absolute Gasteiger partial charge is 0.255 e. The van der Waals surface area contributed by atoms with Crippen molar-refractivity contribution in [2.24, 2.45) is 0 Å². The fourth-order valence-corrected chi connectivity index (χ4v) is 4.93. The molecule has 0 bridgehead atoms. The Kier molecular flexibility index (Phi) is 3.35. The van der Waals surface area contributed by atoms with Crippen molar-refractivity contribution in [1.82, 2.24) is 4.90 Å². The Bertz CT molecular complexity index is 805. The van der Waals surface area contributed by atoms with Crippen molar-refractivity contribution >= 4 is 39.4 Å². The SMILES string of the molecule is O=C1CC2c3ccccc3C(=O)N2CSc2c(Br)cccc21. The third-order valence-corrected chi connectivity index (χ3v) is 6.24. The summed E-state index contributed by atoms with van der Waals surface area (Å²) in [5.74, 6) is 0.667. The van der Waals surface area contributed by atoms with Gasteiger partial charge in [0.15, 0.2) is 5.78 Å². The van der Waals surface area contributed by atoms with Gasteiger partial charge < -0.3 is 4.90 Å². The predicted octanol–water partition coefficient (Wildman–Crippen LogP) is 4.28. The standard InChI is InChI=1S/C17H12BrNO2S/c18-13-7-3-6-12-15(20)8-14-10-4-1-2-5-11(10)17(21)19(14)9-22-16(12)13/h1-7,14H,8-9H2. The van der Waals surface area contributed by atoms with E-state index in [0.29, 0.717) is 12.3 Å². The lowest BCUT2D eigenvalue weighted by Crippen LogP contribution is -2.30. The van der Waals surface area contributed by atoms with Crippen LogP contribution in [0.5, 0.6) is 0 Å². The largest absolute Gasteiger partial charge is 0.322 e. The number of thioether (sulfide) groups is 1. The lowest BCUT2D eigenvalue weighted by Gasteiger charge is -2.28. The van der Waals surface area contributed by atoms with E-state index in [-0.39, 0.29) is 17.7 Å². The van der Waals surface area contributed by atoms with Gasteiger partial charge >= 0.3 is 0 Å². The summed E-state index contributed by atoms with van der Waals surface area (Å²) < 4.78 is 0.908. The van der Waals surface area contributed by atoms with Gasteiger partial charge in [0.25, 0.3) is 5.91 Å². The molecule has 0 N–H and O–H groups in total. The average Bonchev–Trinajstić information content (AvgIpc) is 2.77. The fourth-order valence-electron chi connectivity index (χ4n) is 3.11. The molecule has 2 aromatic carbocycles. The van der Waals surface area contributed by atoms with Crippen LogP contribution in [0.2, 0.25) is 0 Å². The van der Waals surface area contributed by atoms with Crippen LogP contribution in [0.1, 0.15) is 38.7 Å². The van der Waals surface area contributed by atoms with Crippen molar-refractivity contribution in [2.75, 3.05) is 5.88 Å². The molecule has 2 aromatic rings. The molecule has 2 aliphatic rings. The quantitative estimate of drug-likeness (QED) is 0.691. The van der Waals surface area contributed by atoms with Crippen molar-refractivity contribution in [3.05, 3.63) is 63.6 Å². The van der Waals surface area contributed by atoms with Crippen LogP contribution in [0, 0.1) is 0 Å². The molecule has 0 fully saturated rings. The minimum absolute atomic E-state index is 0.0244. The Labute approximate surface area is 140 Å². The van der Waals surface area contributed by atoms with Gasteiger partial charge in [0.05, 0.1) is 11.9 Å². The van der Waals surface area contributed by atoms with Gasteiger partial charge in [-0.1, -0.05) is 30.3 Å². The second-order valence-corrected chi connectivity index (χ2v) is 7.20. The summed E-state index contributed by atoms with van der Waals surface area (Å²) in [4.78, 5) is 28.0. The predicted molar refractivity (Wildman–Crippen MR) is 89.2 cm³/mol. The van der Waals surface area contributed by atoms with E-state index in [2.05, 4.69) is 15.9 Å². The van der Waals surface area contributed by atoms with E-state index in [9.17, 15) is 9.59 Å². The van der Waals surface area contributed by atoms with Crippen LogP contribution in [0.3, 0.4) is 0 Å². The number of Topliss-reactive ketones (excluding diaryl/α,β-unsaturated/α-hetero) is 1. The highest BCUT2D eigenvalue weighted by Gasteiger charge is 2.39. The van der Waals surface area contributed by atoms with Crippen LogP contribution < -0.4 is 0 Å². The number of hydrogen-bond donors (Lipinski definition) is 0. The maximum Gasteiger partial charge on any atom is 0.255 e. The van der Waals surface area contributed by atoms with Gasteiger partial charge in [0, 0.05) is 26.9 Å². The van der Waals surface area contributed by atoms with Crippen molar-refractivity contribution < 1.29 is 9.59 Å². The van der Waals surface area contributed by atoms with E-state index in [1.54, 1.807) is 11.8 Å². The van der Waals surface area contributed by atoms with Gasteiger partial charge in [-0.2, -0.15) is 0 Å². The zero-order valence-corrected chi connectivity index (χ0v) is 14.0. The fraction of sp³-hybridized carbons (Fsp3) is 0.176. The van der Waals surface area contributed by atoms with Crippen molar-refractivity contribution in [3.63, 3.8) is 0 Å². The van der Waals surface area contributed by atoms with Gasteiger partial charge in [-0.3, -0.25) is 9.59 Å². The first-order valence-corrected chi connectivity index (χ1v) is 8.79. The molecule has 1 unspecified atom stereocenters. The van der Waals surface area contributed by atoms with Crippen molar-refractivity contribution in [3.8, 4) is 0 Å². The summed E-state index contributed by atoms with van der Waals surface area (Å²) in [7, 11) is 0. The summed E-state index contributed by atoms with van der Waals surface area (Å²) in [5.41, 5.74) is 2.45. The lowest BCUT2D eigenvalue weighted by molar-refractivity contribution is 0.0738. The number of nitrogens with zero attached hydrogens (tertiary/aromatic N) is 1. The maximum absolute atomic E-state index is 12.7. The van der Waals surface area contributed by atoms with Crippen LogP contribution >= 0.6 is 27.7 Å². The molecule has 0 saturated carbocycles. The normalized spacial score (nSPS) is 20.0. The second kappa shape index (κ2) is 5.25. The Hall–Kier alpha value is -1.59.